The van der Waals surface area contributed by atoms with Crippen LogP contribution < -0.4 is 19.5 Å². The molecule has 0 unspecified atom stereocenters. The van der Waals surface area contributed by atoms with Gasteiger partial charge in [-0.25, -0.2) is 0 Å². The van der Waals surface area contributed by atoms with E-state index in [1.54, 1.807) is 37.1 Å². The molecule has 3 aromatic rings. The fraction of sp³-hybridized carbons (Fsp3) is 0.208. The van der Waals surface area contributed by atoms with E-state index in [9.17, 15) is 4.79 Å². The number of carbonyl (C=O) groups is 1. The molecule has 0 aromatic heterocycles. The Bertz CT molecular complexity index is 916. The van der Waals surface area contributed by atoms with Crippen molar-refractivity contribution in [2.75, 3.05) is 32.6 Å². The Labute approximate surface area is 181 Å². The summed E-state index contributed by atoms with van der Waals surface area (Å²) in [4.78, 5) is 13.5. The lowest BCUT2D eigenvalue weighted by molar-refractivity contribution is 0.0947. The summed E-state index contributed by atoms with van der Waals surface area (Å²) in [6.45, 7) is 1.39. The molecule has 6 heteroatoms. The van der Waals surface area contributed by atoms with Crippen molar-refractivity contribution < 1.29 is 19.0 Å². The predicted octanol–water partition coefficient (Wildman–Crippen LogP) is 4.68. The average molecular weight is 424 g/mol. The Hall–Kier alpha value is -3.12. The zero-order valence-electron chi connectivity index (χ0n) is 16.9. The lowest BCUT2D eigenvalue weighted by Gasteiger charge is -2.10. The largest absolute Gasteiger partial charge is 0.497 e. The maximum absolute atomic E-state index is 12.3. The van der Waals surface area contributed by atoms with Crippen molar-refractivity contribution in [1.82, 2.24) is 5.32 Å². The highest BCUT2D eigenvalue weighted by atomic mass is 32.2. The lowest BCUT2D eigenvalue weighted by atomic mass is 10.2. The van der Waals surface area contributed by atoms with Crippen molar-refractivity contribution in [3.63, 3.8) is 0 Å². The molecule has 0 saturated heterocycles. The number of methoxy groups -OCH3 is 1. The number of hydrogen-bond acceptors (Lipinski definition) is 5. The number of thioether (sulfide) groups is 1. The highest BCUT2D eigenvalue weighted by Gasteiger charge is 2.05. The second kappa shape index (κ2) is 11.8. The van der Waals surface area contributed by atoms with Gasteiger partial charge in [-0.15, -0.1) is 11.8 Å². The molecule has 3 aromatic carbocycles. The Morgan fingerprint density at radius 1 is 0.833 bits per heavy atom. The van der Waals surface area contributed by atoms with Crippen LogP contribution in [0.15, 0.2) is 83.8 Å². The van der Waals surface area contributed by atoms with Crippen molar-refractivity contribution in [2.24, 2.45) is 0 Å². The first-order valence-electron chi connectivity index (χ1n) is 9.70. The van der Waals surface area contributed by atoms with Gasteiger partial charge in [-0.1, -0.05) is 24.3 Å². The fourth-order valence-electron chi connectivity index (χ4n) is 2.66. The molecule has 0 spiro atoms. The minimum Gasteiger partial charge on any atom is -0.497 e. The second-order valence-corrected chi connectivity index (χ2v) is 7.49. The van der Waals surface area contributed by atoms with E-state index in [-0.39, 0.29) is 5.91 Å². The monoisotopic (exact) mass is 423 g/mol. The molecule has 3 rings (SSSR count). The van der Waals surface area contributed by atoms with Crippen molar-refractivity contribution >= 4 is 17.7 Å². The summed E-state index contributed by atoms with van der Waals surface area (Å²) in [5.74, 6) is 2.91. The van der Waals surface area contributed by atoms with Crippen LogP contribution in [0.25, 0.3) is 0 Å². The summed E-state index contributed by atoms with van der Waals surface area (Å²) in [5, 5.41) is 2.85. The van der Waals surface area contributed by atoms with Crippen molar-refractivity contribution in [3.8, 4) is 17.2 Å². The molecule has 0 radical (unpaired) electrons. The summed E-state index contributed by atoms with van der Waals surface area (Å²) in [7, 11) is 1.61. The van der Waals surface area contributed by atoms with Gasteiger partial charge in [-0.05, 0) is 48.5 Å². The number of nitrogens with one attached hydrogen (secondary N) is 1. The molecule has 0 atom stereocenters. The molecule has 1 amide bonds. The van der Waals surface area contributed by atoms with Crippen molar-refractivity contribution in [2.45, 2.75) is 4.90 Å². The highest BCUT2D eigenvalue weighted by molar-refractivity contribution is 7.99. The molecule has 0 aliphatic heterocycles. The van der Waals surface area contributed by atoms with E-state index in [1.807, 2.05) is 48.5 Å². The molecular formula is C24H25NO4S. The molecule has 5 nitrogen and oxygen atoms in total. The number of ether oxygens (including phenoxy) is 3. The van der Waals surface area contributed by atoms with Crippen LogP contribution in [0.2, 0.25) is 0 Å². The van der Waals surface area contributed by atoms with Crippen LogP contribution in [-0.2, 0) is 0 Å². The third-order valence-electron chi connectivity index (χ3n) is 4.18. The first-order valence-corrected chi connectivity index (χ1v) is 10.7. The van der Waals surface area contributed by atoms with Crippen LogP contribution in [0.3, 0.4) is 0 Å². The number of carbonyl (C=O) groups excluding carboxylic acids is 1. The maximum atomic E-state index is 12.3. The Morgan fingerprint density at radius 3 is 2.33 bits per heavy atom. The summed E-state index contributed by atoms with van der Waals surface area (Å²) < 4.78 is 16.5. The molecular weight excluding hydrogens is 398 g/mol. The fourth-order valence-corrected chi connectivity index (χ4v) is 3.42. The molecule has 1 N–H and O–H groups in total. The van der Waals surface area contributed by atoms with E-state index in [2.05, 4.69) is 17.4 Å². The van der Waals surface area contributed by atoms with Gasteiger partial charge in [0.25, 0.3) is 5.91 Å². The number of hydrogen-bond donors (Lipinski definition) is 1. The number of rotatable bonds is 11. The summed E-state index contributed by atoms with van der Waals surface area (Å²) in [6.07, 6.45) is 0. The zero-order chi connectivity index (χ0) is 21.0. The summed E-state index contributed by atoms with van der Waals surface area (Å²) in [5.41, 5.74) is 0.586. The van der Waals surface area contributed by atoms with Crippen molar-refractivity contribution in [3.05, 3.63) is 84.4 Å². The van der Waals surface area contributed by atoms with E-state index >= 15 is 0 Å². The number of amides is 1. The molecule has 0 aliphatic carbocycles. The number of benzene rings is 3. The van der Waals surface area contributed by atoms with Crippen LogP contribution in [0.5, 0.6) is 17.2 Å². The van der Waals surface area contributed by atoms with Crippen LogP contribution in [0, 0.1) is 0 Å². The minimum atomic E-state index is -0.143. The predicted molar refractivity (Wildman–Crippen MR) is 120 cm³/mol. The zero-order valence-corrected chi connectivity index (χ0v) is 17.7. The third kappa shape index (κ3) is 7.04. The molecule has 0 heterocycles. The SMILES string of the molecule is COc1cccc(OCCNC(=O)c2ccc(OCCSc3ccccc3)cc2)c1. The van der Waals surface area contributed by atoms with Gasteiger partial charge in [0.2, 0.25) is 0 Å². The van der Waals surface area contributed by atoms with Gasteiger partial charge in [0.05, 0.1) is 20.3 Å². The van der Waals surface area contributed by atoms with Gasteiger partial charge < -0.3 is 19.5 Å². The molecule has 0 aliphatic rings. The molecule has 0 bridgehead atoms. The summed E-state index contributed by atoms with van der Waals surface area (Å²) >= 11 is 1.75. The first-order chi connectivity index (χ1) is 14.7. The normalized spacial score (nSPS) is 10.3. The Balaban J connectivity index is 1.35. The van der Waals surface area contributed by atoms with Gasteiger partial charge in [-0.3, -0.25) is 4.79 Å². The van der Waals surface area contributed by atoms with E-state index in [0.29, 0.717) is 31.1 Å². The lowest BCUT2D eigenvalue weighted by Crippen LogP contribution is -2.28. The first kappa shape index (κ1) is 21.6. The third-order valence-corrected chi connectivity index (χ3v) is 5.15. The van der Waals surface area contributed by atoms with E-state index in [1.165, 1.54) is 4.90 Å². The van der Waals surface area contributed by atoms with Crippen molar-refractivity contribution in [1.29, 1.82) is 0 Å². The van der Waals surface area contributed by atoms with Crippen LogP contribution >= 0.6 is 11.8 Å². The molecule has 0 fully saturated rings. The smallest absolute Gasteiger partial charge is 0.251 e. The highest BCUT2D eigenvalue weighted by Crippen LogP contribution is 2.19. The molecule has 30 heavy (non-hydrogen) atoms. The van der Waals surface area contributed by atoms with Gasteiger partial charge in [0.15, 0.2) is 0 Å². The standard InChI is InChI=1S/C24H25NO4S/c1-27-21-6-5-7-22(18-21)28-15-14-25-24(26)19-10-12-20(13-11-19)29-16-17-30-23-8-3-2-4-9-23/h2-13,18H,14-17H2,1H3,(H,25,26). The maximum Gasteiger partial charge on any atom is 0.251 e. The van der Waals surface area contributed by atoms with Gasteiger partial charge in [0.1, 0.15) is 23.9 Å². The van der Waals surface area contributed by atoms with Gasteiger partial charge in [0, 0.05) is 22.3 Å². The van der Waals surface area contributed by atoms with Crippen LogP contribution in [0.1, 0.15) is 10.4 Å². The summed E-state index contributed by atoms with van der Waals surface area (Å²) in [6, 6.07) is 24.7. The molecule has 156 valence electrons. The van der Waals surface area contributed by atoms with Crippen LogP contribution in [-0.4, -0.2) is 38.5 Å². The topological polar surface area (TPSA) is 56.8 Å². The second-order valence-electron chi connectivity index (χ2n) is 6.32. The Morgan fingerprint density at radius 2 is 1.57 bits per heavy atom. The van der Waals surface area contributed by atoms with E-state index in [4.69, 9.17) is 14.2 Å². The van der Waals surface area contributed by atoms with Crippen LogP contribution in [0.4, 0.5) is 0 Å². The van der Waals surface area contributed by atoms with E-state index < -0.39 is 0 Å². The average Bonchev–Trinajstić information content (AvgIpc) is 2.80. The van der Waals surface area contributed by atoms with Gasteiger partial charge in [-0.2, -0.15) is 0 Å². The Kier molecular flexibility index (Phi) is 8.47. The van der Waals surface area contributed by atoms with E-state index in [0.717, 1.165) is 17.3 Å². The van der Waals surface area contributed by atoms with Gasteiger partial charge >= 0.3 is 0 Å². The minimum absolute atomic E-state index is 0.143. The molecule has 0 saturated carbocycles. The quantitative estimate of drug-likeness (QED) is 0.359.